The maximum atomic E-state index is 12.2. The second-order valence-corrected chi connectivity index (χ2v) is 7.11. The number of morpholine rings is 1. The van der Waals surface area contributed by atoms with Crippen molar-refractivity contribution in [2.45, 2.75) is 6.42 Å². The predicted octanol–water partition coefficient (Wildman–Crippen LogP) is 3.22. The van der Waals surface area contributed by atoms with Crippen LogP contribution in [0.5, 0.6) is 0 Å². The van der Waals surface area contributed by atoms with Crippen molar-refractivity contribution in [1.82, 2.24) is 9.97 Å². The summed E-state index contributed by atoms with van der Waals surface area (Å²) in [6.45, 7) is 3.27. The van der Waals surface area contributed by atoms with Crippen LogP contribution in [-0.2, 0) is 16.0 Å². The van der Waals surface area contributed by atoms with Gasteiger partial charge in [-0.05, 0) is 24.3 Å². The van der Waals surface area contributed by atoms with Gasteiger partial charge in [0.2, 0.25) is 11.9 Å². The van der Waals surface area contributed by atoms with Crippen LogP contribution in [0.2, 0.25) is 0 Å². The van der Waals surface area contributed by atoms with E-state index in [2.05, 4.69) is 32.7 Å². The van der Waals surface area contributed by atoms with Gasteiger partial charge in [-0.3, -0.25) is 4.79 Å². The molecule has 0 saturated carbocycles. The number of carbonyl (C=O) groups is 1. The minimum Gasteiger partial charge on any atom is -0.378 e. The van der Waals surface area contributed by atoms with Gasteiger partial charge in [0.05, 0.1) is 31.0 Å². The molecule has 5 rings (SSSR count). The van der Waals surface area contributed by atoms with Crippen LogP contribution >= 0.6 is 0 Å². The van der Waals surface area contributed by atoms with E-state index in [9.17, 15) is 4.79 Å². The topological polar surface area (TPSA) is 79.4 Å². The third kappa shape index (κ3) is 3.64. The first kappa shape index (κ1) is 17.6. The molecule has 0 spiro atoms. The van der Waals surface area contributed by atoms with E-state index >= 15 is 0 Å². The van der Waals surface area contributed by atoms with Crippen LogP contribution < -0.4 is 15.5 Å². The van der Waals surface area contributed by atoms with Crippen molar-refractivity contribution in [3.05, 3.63) is 60.3 Å². The summed E-state index contributed by atoms with van der Waals surface area (Å²) in [5.74, 6) is 0.450. The molecule has 1 fully saturated rings. The molecule has 1 saturated heterocycles. The van der Waals surface area contributed by atoms with Gasteiger partial charge in [0.1, 0.15) is 0 Å². The smallest absolute Gasteiger partial charge is 0.228 e. The van der Waals surface area contributed by atoms with E-state index in [1.807, 2.05) is 36.4 Å². The summed E-state index contributed by atoms with van der Waals surface area (Å²) in [5.41, 5.74) is 5.34. The standard InChI is InChI=1S/C22H21N5O2/c28-20-12-15-14-23-22(26-21(15)18-6-1-2-7-19(18)25-20)24-16-4-3-5-17(13-16)27-8-10-29-11-9-27/h1-7,13-14H,8-12H2,(H,25,28)(H,23,24,26). The van der Waals surface area contributed by atoms with E-state index < -0.39 is 0 Å². The maximum Gasteiger partial charge on any atom is 0.228 e. The second kappa shape index (κ2) is 7.52. The van der Waals surface area contributed by atoms with Gasteiger partial charge < -0.3 is 20.3 Å². The molecule has 7 heteroatoms. The van der Waals surface area contributed by atoms with E-state index in [-0.39, 0.29) is 12.3 Å². The number of hydrogen-bond donors (Lipinski definition) is 2. The summed E-state index contributed by atoms with van der Waals surface area (Å²) < 4.78 is 5.44. The molecule has 2 aliphatic heterocycles. The van der Waals surface area contributed by atoms with E-state index in [1.54, 1.807) is 6.20 Å². The molecule has 1 aromatic heterocycles. The van der Waals surface area contributed by atoms with E-state index in [1.165, 1.54) is 0 Å². The fraction of sp³-hybridized carbons (Fsp3) is 0.227. The Morgan fingerprint density at radius 2 is 1.93 bits per heavy atom. The minimum atomic E-state index is -0.0567. The van der Waals surface area contributed by atoms with Gasteiger partial charge in [-0.2, -0.15) is 0 Å². The average molecular weight is 387 g/mol. The number of hydrogen-bond acceptors (Lipinski definition) is 6. The van der Waals surface area contributed by atoms with Crippen LogP contribution in [0.3, 0.4) is 0 Å². The first-order valence-electron chi connectivity index (χ1n) is 9.71. The Morgan fingerprint density at radius 1 is 1.07 bits per heavy atom. The predicted molar refractivity (Wildman–Crippen MR) is 113 cm³/mol. The Balaban J connectivity index is 1.46. The average Bonchev–Trinajstić information content (AvgIpc) is 2.90. The maximum absolute atomic E-state index is 12.2. The molecule has 0 radical (unpaired) electrons. The fourth-order valence-electron chi connectivity index (χ4n) is 3.73. The van der Waals surface area contributed by atoms with Crippen molar-refractivity contribution < 1.29 is 9.53 Å². The van der Waals surface area contributed by atoms with Crippen molar-refractivity contribution in [1.29, 1.82) is 0 Å². The monoisotopic (exact) mass is 387 g/mol. The van der Waals surface area contributed by atoms with Crippen molar-refractivity contribution in [2.75, 3.05) is 41.8 Å². The summed E-state index contributed by atoms with van der Waals surface area (Å²) >= 11 is 0. The molecule has 146 valence electrons. The molecule has 0 atom stereocenters. The quantitative estimate of drug-likeness (QED) is 0.718. The number of nitrogens with zero attached hydrogens (tertiary/aromatic N) is 3. The van der Waals surface area contributed by atoms with Crippen molar-refractivity contribution in [2.24, 2.45) is 0 Å². The van der Waals surface area contributed by atoms with E-state index in [4.69, 9.17) is 9.72 Å². The highest BCUT2D eigenvalue weighted by Crippen LogP contribution is 2.33. The normalized spacial score (nSPS) is 15.7. The number of aromatic nitrogens is 2. The van der Waals surface area contributed by atoms with Gasteiger partial charge in [0.25, 0.3) is 0 Å². The lowest BCUT2D eigenvalue weighted by Gasteiger charge is -2.29. The molecular weight excluding hydrogens is 366 g/mol. The Morgan fingerprint density at radius 3 is 2.83 bits per heavy atom. The van der Waals surface area contributed by atoms with Gasteiger partial charge in [-0.15, -0.1) is 0 Å². The summed E-state index contributed by atoms with van der Waals surface area (Å²) in [5, 5.41) is 6.25. The molecule has 7 nitrogen and oxygen atoms in total. The highest BCUT2D eigenvalue weighted by atomic mass is 16.5. The number of fused-ring (bicyclic) bond motifs is 3. The lowest BCUT2D eigenvalue weighted by Crippen LogP contribution is -2.36. The summed E-state index contributed by atoms with van der Waals surface area (Å²) in [6.07, 6.45) is 2.00. The third-order valence-electron chi connectivity index (χ3n) is 5.15. The number of ether oxygens (including phenoxy) is 1. The number of anilines is 4. The molecule has 2 aromatic carbocycles. The van der Waals surface area contributed by atoms with Crippen LogP contribution in [0, 0.1) is 0 Å². The summed E-state index contributed by atoms with van der Waals surface area (Å²) in [4.78, 5) is 23.7. The summed E-state index contributed by atoms with van der Waals surface area (Å²) in [6, 6.07) is 15.9. The molecule has 3 aromatic rings. The highest BCUT2D eigenvalue weighted by molar-refractivity contribution is 5.99. The Labute approximate surface area is 168 Å². The third-order valence-corrected chi connectivity index (χ3v) is 5.15. The van der Waals surface area contributed by atoms with Crippen LogP contribution in [-0.4, -0.2) is 42.2 Å². The van der Waals surface area contributed by atoms with Gasteiger partial charge in [0, 0.05) is 41.8 Å². The zero-order valence-corrected chi connectivity index (χ0v) is 15.9. The number of carbonyl (C=O) groups excluding carboxylic acids is 1. The van der Waals surface area contributed by atoms with Crippen LogP contribution in [0.4, 0.5) is 23.0 Å². The molecule has 2 aliphatic rings. The van der Waals surface area contributed by atoms with Crippen LogP contribution in [0.1, 0.15) is 5.56 Å². The lowest BCUT2D eigenvalue weighted by molar-refractivity contribution is -0.115. The zero-order valence-electron chi connectivity index (χ0n) is 15.9. The Hall–Kier alpha value is -3.45. The zero-order chi connectivity index (χ0) is 19.6. The highest BCUT2D eigenvalue weighted by Gasteiger charge is 2.20. The van der Waals surface area contributed by atoms with Crippen molar-refractivity contribution in [3.63, 3.8) is 0 Å². The van der Waals surface area contributed by atoms with Crippen molar-refractivity contribution in [3.8, 4) is 11.3 Å². The van der Waals surface area contributed by atoms with Gasteiger partial charge in [-0.1, -0.05) is 24.3 Å². The Bertz CT molecular complexity index is 1060. The van der Waals surface area contributed by atoms with Gasteiger partial charge >= 0.3 is 0 Å². The van der Waals surface area contributed by atoms with Crippen LogP contribution in [0.25, 0.3) is 11.3 Å². The summed E-state index contributed by atoms with van der Waals surface area (Å²) in [7, 11) is 0. The Kier molecular flexibility index (Phi) is 4.57. The largest absolute Gasteiger partial charge is 0.378 e. The molecule has 0 unspecified atom stereocenters. The number of para-hydroxylation sites is 1. The molecule has 2 N–H and O–H groups in total. The molecule has 0 aliphatic carbocycles. The minimum absolute atomic E-state index is 0.0567. The molecule has 3 heterocycles. The molecule has 0 bridgehead atoms. The number of amides is 1. The first-order chi connectivity index (χ1) is 14.3. The molecule has 1 amide bonds. The van der Waals surface area contributed by atoms with E-state index in [0.29, 0.717) is 5.95 Å². The lowest BCUT2D eigenvalue weighted by atomic mass is 10.1. The van der Waals surface area contributed by atoms with Crippen molar-refractivity contribution >= 4 is 28.9 Å². The first-order valence-corrected chi connectivity index (χ1v) is 9.71. The SMILES string of the molecule is O=C1Cc2cnc(Nc3cccc(N4CCOCC4)c3)nc2-c2ccccc2N1. The second-order valence-electron chi connectivity index (χ2n) is 7.11. The molecular formula is C22H21N5O2. The number of rotatable bonds is 3. The molecule has 29 heavy (non-hydrogen) atoms. The van der Waals surface area contributed by atoms with Gasteiger partial charge in [0.15, 0.2) is 0 Å². The van der Waals surface area contributed by atoms with Gasteiger partial charge in [-0.25, -0.2) is 9.97 Å². The van der Waals surface area contributed by atoms with Crippen LogP contribution in [0.15, 0.2) is 54.7 Å². The van der Waals surface area contributed by atoms with E-state index in [0.717, 1.165) is 60.2 Å². The fourth-order valence-corrected chi connectivity index (χ4v) is 3.73. The number of benzene rings is 2. The number of nitrogens with one attached hydrogen (secondary N) is 2.